The third-order valence-corrected chi connectivity index (χ3v) is 6.80. The monoisotopic (exact) mass is 453 g/mol. The summed E-state index contributed by atoms with van der Waals surface area (Å²) in [6.45, 7) is 2.08. The number of carbonyl (C=O) groups excluding carboxylic acids is 1. The first kappa shape index (κ1) is 21.3. The third-order valence-electron chi connectivity index (χ3n) is 6.56. The zero-order chi connectivity index (χ0) is 21.9. The van der Waals surface area contributed by atoms with Crippen LogP contribution in [0.3, 0.4) is 0 Å². The Bertz CT molecular complexity index is 1060. The number of oxazole rings is 1. The van der Waals surface area contributed by atoms with Crippen LogP contribution in [0.4, 0.5) is 6.01 Å². The summed E-state index contributed by atoms with van der Waals surface area (Å²) in [5.41, 5.74) is 2.65. The first-order valence-electron chi connectivity index (χ1n) is 11.4. The van der Waals surface area contributed by atoms with Gasteiger partial charge in [0.15, 0.2) is 5.58 Å². The zero-order valence-corrected chi connectivity index (χ0v) is 18.8. The number of nitrogens with zero attached hydrogens (tertiary/aromatic N) is 2. The van der Waals surface area contributed by atoms with Gasteiger partial charge in [0.25, 0.3) is 6.01 Å². The van der Waals surface area contributed by atoms with Gasteiger partial charge in [0.05, 0.1) is 18.8 Å². The summed E-state index contributed by atoms with van der Waals surface area (Å²) in [6.07, 6.45) is 4.73. The summed E-state index contributed by atoms with van der Waals surface area (Å²) in [4.78, 5) is 19.6. The van der Waals surface area contributed by atoms with Crippen LogP contribution in [-0.2, 0) is 16.1 Å². The average molecular weight is 454 g/mol. The van der Waals surface area contributed by atoms with Crippen molar-refractivity contribution in [1.29, 1.82) is 0 Å². The van der Waals surface area contributed by atoms with E-state index in [2.05, 4.69) is 27.3 Å². The fraction of sp³-hybridized carbons (Fsp3) is 0.440. The van der Waals surface area contributed by atoms with Gasteiger partial charge in [0.1, 0.15) is 5.52 Å². The Hall–Kier alpha value is -2.57. The lowest BCUT2D eigenvalue weighted by Gasteiger charge is -2.31. The lowest BCUT2D eigenvalue weighted by Crippen LogP contribution is -2.46. The molecule has 5 rings (SSSR count). The van der Waals surface area contributed by atoms with Crippen LogP contribution in [0.5, 0.6) is 0 Å². The minimum absolute atomic E-state index is 0.0143. The molecule has 0 spiro atoms. The summed E-state index contributed by atoms with van der Waals surface area (Å²) in [7, 11) is 0. The van der Waals surface area contributed by atoms with Gasteiger partial charge in [-0.05, 0) is 55.9 Å². The predicted octanol–water partition coefficient (Wildman–Crippen LogP) is 4.95. The van der Waals surface area contributed by atoms with Crippen LogP contribution in [0, 0.1) is 5.92 Å². The van der Waals surface area contributed by atoms with Gasteiger partial charge in [0, 0.05) is 24.0 Å². The normalized spacial score (nSPS) is 21.8. The number of amides is 1. The van der Waals surface area contributed by atoms with Gasteiger partial charge in [-0.15, -0.1) is 0 Å². The minimum Gasteiger partial charge on any atom is -0.423 e. The molecule has 2 fully saturated rings. The molecule has 2 heterocycles. The molecule has 3 aromatic rings. The number of benzene rings is 2. The Morgan fingerprint density at radius 3 is 2.75 bits per heavy atom. The fourth-order valence-corrected chi connectivity index (χ4v) is 4.89. The largest absolute Gasteiger partial charge is 0.423 e. The van der Waals surface area contributed by atoms with Crippen molar-refractivity contribution >= 4 is 34.6 Å². The number of aromatic nitrogens is 1. The molecule has 1 aliphatic carbocycles. The quantitative estimate of drug-likeness (QED) is 0.571. The Labute approximate surface area is 192 Å². The van der Waals surface area contributed by atoms with Gasteiger partial charge in [-0.25, -0.2) is 0 Å². The van der Waals surface area contributed by atoms with Crippen molar-refractivity contribution in [3.05, 3.63) is 59.1 Å². The van der Waals surface area contributed by atoms with E-state index in [1.165, 1.54) is 5.56 Å². The van der Waals surface area contributed by atoms with Crippen molar-refractivity contribution in [3.63, 3.8) is 0 Å². The predicted molar refractivity (Wildman–Crippen MR) is 125 cm³/mol. The van der Waals surface area contributed by atoms with Crippen molar-refractivity contribution in [2.75, 3.05) is 18.0 Å². The molecule has 168 valence electrons. The van der Waals surface area contributed by atoms with Crippen LogP contribution in [0.2, 0.25) is 5.02 Å². The molecule has 1 saturated carbocycles. The Morgan fingerprint density at radius 1 is 1.12 bits per heavy atom. The molecule has 32 heavy (non-hydrogen) atoms. The topological polar surface area (TPSA) is 67.6 Å². The molecule has 0 radical (unpaired) electrons. The van der Waals surface area contributed by atoms with Crippen molar-refractivity contribution in [3.8, 4) is 0 Å². The third kappa shape index (κ3) is 4.76. The zero-order valence-electron chi connectivity index (χ0n) is 18.0. The van der Waals surface area contributed by atoms with Gasteiger partial charge in [-0.1, -0.05) is 41.9 Å². The van der Waals surface area contributed by atoms with Crippen LogP contribution in [0.1, 0.15) is 37.7 Å². The van der Waals surface area contributed by atoms with Crippen molar-refractivity contribution < 1.29 is 13.9 Å². The number of rotatable bonds is 6. The molecule has 2 aromatic carbocycles. The van der Waals surface area contributed by atoms with Crippen molar-refractivity contribution in [2.45, 2.75) is 50.9 Å². The number of carbonyl (C=O) groups is 1. The van der Waals surface area contributed by atoms with E-state index in [1.807, 2.05) is 30.3 Å². The van der Waals surface area contributed by atoms with Gasteiger partial charge in [-0.3, -0.25) is 4.79 Å². The van der Waals surface area contributed by atoms with Crippen molar-refractivity contribution in [1.82, 2.24) is 10.3 Å². The van der Waals surface area contributed by atoms with E-state index in [1.54, 1.807) is 6.07 Å². The van der Waals surface area contributed by atoms with E-state index in [0.29, 0.717) is 17.6 Å². The van der Waals surface area contributed by atoms with Crippen LogP contribution >= 0.6 is 11.6 Å². The average Bonchev–Trinajstić information content (AvgIpc) is 3.44. The van der Waals surface area contributed by atoms with E-state index >= 15 is 0 Å². The summed E-state index contributed by atoms with van der Waals surface area (Å²) in [5.74, 6) is 0.162. The van der Waals surface area contributed by atoms with Gasteiger partial charge < -0.3 is 19.4 Å². The van der Waals surface area contributed by atoms with E-state index in [0.717, 1.165) is 56.3 Å². The Kier molecular flexibility index (Phi) is 6.32. The maximum atomic E-state index is 13.0. The lowest BCUT2D eigenvalue weighted by atomic mass is 9.95. The molecular formula is C25H28ClN3O3. The SMILES string of the molecule is O=C(NC1CCCC1OCc1ccccc1)C1CCN(c2nc3cc(Cl)ccc3o2)CC1. The summed E-state index contributed by atoms with van der Waals surface area (Å²) < 4.78 is 12.0. The lowest BCUT2D eigenvalue weighted by molar-refractivity contribution is -0.127. The Balaban J connectivity index is 1.13. The summed E-state index contributed by atoms with van der Waals surface area (Å²) >= 11 is 6.05. The van der Waals surface area contributed by atoms with Crippen LogP contribution in [0.25, 0.3) is 11.1 Å². The summed E-state index contributed by atoms with van der Waals surface area (Å²) in [6, 6.07) is 16.3. The number of fused-ring (bicyclic) bond motifs is 1. The molecule has 6 nitrogen and oxygen atoms in total. The molecule has 1 N–H and O–H groups in total. The molecule has 7 heteroatoms. The van der Waals surface area contributed by atoms with E-state index in [-0.39, 0.29) is 24.0 Å². The maximum absolute atomic E-state index is 13.0. The first-order valence-corrected chi connectivity index (χ1v) is 11.8. The van der Waals surface area contributed by atoms with Crippen LogP contribution < -0.4 is 10.2 Å². The fourth-order valence-electron chi connectivity index (χ4n) is 4.73. The summed E-state index contributed by atoms with van der Waals surface area (Å²) in [5, 5.41) is 3.93. The molecule has 0 bridgehead atoms. The maximum Gasteiger partial charge on any atom is 0.298 e. The number of hydrogen-bond donors (Lipinski definition) is 1. The standard InChI is InChI=1S/C25H28ClN3O3/c26-19-9-10-23-21(15-19)28-25(32-23)29-13-11-18(12-14-29)24(30)27-20-7-4-8-22(20)31-16-17-5-2-1-3-6-17/h1-3,5-6,9-10,15,18,20,22H,4,7-8,11-14,16H2,(H,27,30). The van der Waals surface area contributed by atoms with E-state index in [4.69, 9.17) is 20.8 Å². The highest BCUT2D eigenvalue weighted by molar-refractivity contribution is 6.31. The highest BCUT2D eigenvalue weighted by atomic mass is 35.5. The highest BCUT2D eigenvalue weighted by Crippen LogP contribution is 2.29. The van der Waals surface area contributed by atoms with Crippen LogP contribution in [-0.4, -0.2) is 36.1 Å². The number of hydrogen-bond acceptors (Lipinski definition) is 5. The smallest absolute Gasteiger partial charge is 0.298 e. The molecule has 2 atom stereocenters. The second-order valence-corrected chi connectivity index (χ2v) is 9.19. The number of anilines is 1. The van der Waals surface area contributed by atoms with E-state index < -0.39 is 0 Å². The molecule has 1 aromatic heterocycles. The number of ether oxygens (including phenoxy) is 1. The molecule has 1 saturated heterocycles. The minimum atomic E-state index is 0.0143. The van der Waals surface area contributed by atoms with Crippen molar-refractivity contribution in [2.24, 2.45) is 5.92 Å². The van der Waals surface area contributed by atoms with Crippen LogP contribution in [0.15, 0.2) is 52.9 Å². The van der Waals surface area contributed by atoms with Gasteiger partial charge in [-0.2, -0.15) is 4.98 Å². The molecule has 2 aliphatic rings. The molecule has 2 unspecified atom stereocenters. The molecular weight excluding hydrogens is 426 g/mol. The first-order chi connectivity index (χ1) is 15.7. The second kappa shape index (κ2) is 9.51. The van der Waals surface area contributed by atoms with E-state index in [9.17, 15) is 4.79 Å². The molecule has 1 aliphatic heterocycles. The Morgan fingerprint density at radius 2 is 1.94 bits per heavy atom. The number of nitrogens with one attached hydrogen (secondary N) is 1. The number of piperidine rings is 1. The highest BCUT2D eigenvalue weighted by Gasteiger charge is 2.33. The second-order valence-electron chi connectivity index (χ2n) is 8.75. The molecule has 1 amide bonds. The van der Waals surface area contributed by atoms with Gasteiger partial charge >= 0.3 is 0 Å². The number of halogens is 1. The van der Waals surface area contributed by atoms with Gasteiger partial charge in [0.2, 0.25) is 5.91 Å².